The van der Waals surface area contributed by atoms with Gasteiger partial charge in [0.2, 0.25) is 11.7 Å². The fourth-order valence-corrected chi connectivity index (χ4v) is 2.38. The SMILES string of the molecule is Oc1cccc(-c2noc(C3CCCCCN3)n2)c1. The third-order valence-corrected chi connectivity index (χ3v) is 3.40. The van der Waals surface area contributed by atoms with E-state index in [1.165, 1.54) is 19.3 Å². The third-order valence-electron chi connectivity index (χ3n) is 3.40. The molecular weight excluding hydrogens is 242 g/mol. The molecule has 0 spiro atoms. The first-order valence-corrected chi connectivity index (χ1v) is 6.69. The molecule has 0 radical (unpaired) electrons. The lowest BCUT2D eigenvalue weighted by molar-refractivity contribution is 0.327. The summed E-state index contributed by atoms with van der Waals surface area (Å²) in [5.74, 6) is 1.37. The van der Waals surface area contributed by atoms with Crippen molar-refractivity contribution in [3.8, 4) is 17.1 Å². The third kappa shape index (κ3) is 2.76. The zero-order valence-corrected chi connectivity index (χ0v) is 10.7. The maximum Gasteiger partial charge on any atom is 0.244 e. The first-order chi connectivity index (χ1) is 9.33. The normalized spacial score (nSPS) is 20.1. The first-order valence-electron chi connectivity index (χ1n) is 6.69. The van der Waals surface area contributed by atoms with Crippen molar-refractivity contribution >= 4 is 0 Å². The van der Waals surface area contributed by atoms with Crippen molar-refractivity contribution in [3.05, 3.63) is 30.2 Å². The predicted octanol–water partition coefficient (Wildman–Crippen LogP) is 2.65. The van der Waals surface area contributed by atoms with E-state index in [-0.39, 0.29) is 11.8 Å². The molecule has 2 N–H and O–H groups in total. The highest BCUT2D eigenvalue weighted by Crippen LogP contribution is 2.25. The van der Waals surface area contributed by atoms with E-state index in [1.54, 1.807) is 18.2 Å². The maximum absolute atomic E-state index is 9.47. The second-order valence-corrected chi connectivity index (χ2v) is 4.86. The maximum atomic E-state index is 9.47. The van der Waals surface area contributed by atoms with Gasteiger partial charge in [0.05, 0.1) is 6.04 Å². The lowest BCUT2D eigenvalue weighted by Gasteiger charge is -2.09. The topological polar surface area (TPSA) is 71.2 Å². The molecule has 19 heavy (non-hydrogen) atoms. The molecule has 1 aromatic heterocycles. The Bertz CT molecular complexity index is 545. The predicted molar refractivity (Wildman–Crippen MR) is 70.6 cm³/mol. The Morgan fingerprint density at radius 3 is 3.11 bits per heavy atom. The van der Waals surface area contributed by atoms with Crippen LogP contribution in [0.1, 0.15) is 37.6 Å². The fraction of sp³-hybridized carbons (Fsp3) is 0.429. The lowest BCUT2D eigenvalue weighted by Crippen LogP contribution is -2.20. The Hall–Kier alpha value is -1.88. The number of hydrogen-bond acceptors (Lipinski definition) is 5. The number of nitrogens with zero attached hydrogens (tertiary/aromatic N) is 2. The van der Waals surface area contributed by atoms with Crippen LogP contribution in [0.4, 0.5) is 0 Å². The van der Waals surface area contributed by atoms with Gasteiger partial charge in [-0.05, 0) is 31.5 Å². The van der Waals surface area contributed by atoms with Gasteiger partial charge in [-0.25, -0.2) is 0 Å². The quantitative estimate of drug-likeness (QED) is 0.867. The minimum Gasteiger partial charge on any atom is -0.508 e. The van der Waals surface area contributed by atoms with Crippen LogP contribution >= 0.6 is 0 Å². The van der Waals surface area contributed by atoms with Crippen LogP contribution < -0.4 is 5.32 Å². The Labute approximate surface area is 111 Å². The molecule has 1 aliphatic heterocycles. The summed E-state index contributed by atoms with van der Waals surface area (Å²) in [5, 5.41) is 16.9. The summed E-state index contributed by atoms with van der Waals surface area (Å²) >= 11 is 0. The Balaban J connectivity index is 1.82. The van der Waals surface area contributed by atoms with Gasteiger partial charge in [-0.15, -0.1) is 0 Å². The summed E-state index contributed by atoms with van der Waals surface area (Å²) in [7, 11) is 0. The van der Waals surface area contributed by atoms with Gasteiger partial charge >= 0.3 is 0 Å². The number of aromatic nitrogens is 2. The molecule has 5 nitrogen and oxygen atoms in total. The van der Waals surface area contributed by atoms with Gasteiger partial charge in [0.1, 0.15) is 5.75 Å². The van der Waals surface area contributed by atoms with E-state index >= 15 is 0 Å². The second-order valence-electron chi connectivity index (χ2n) is 4.86. The highest BCUT2D eigenvalue weighted by molar-refractivity contribution is 5.56. The van der Waals surface area contributed by atoms with E-state index in [0.717, 1.165) is 18.5 Å². The second kappa shape index (κ2) is 5.40. The highest BCUT2D eigenvalue weighted by Gasteiger charge is 2.20. The molecule has 3 rings (SSSR count). The number of phenols is 1. The van der Waals surface area contributed by atoms with Crippen LogP contribution in [0.2, 0.25) is 0 Å². The van der Waals surface area contributed by atoms with Crippen LogP contribution in [0.25, 0.3) is 11.4 Å². The Morgan fingerprint density at radius 2 is 2.21 bits per heavy atom. The summed E-state index contributed by atoms with van der Waals surface area (Å²) < 4.78 is 5.35. The number of rotatable bonds is 2. The van der Waals surface area contributed by atoms with E-state index < -0.39 is 0 Å². The lowest BCUT2D eigenvalue weighted by atomic mass is 10.1. The van der Waals surface area contributed by atoms with Crippen molar-refractivity contribution in [2.24, 2.45) is 0 Å². The van der Waals surface area contributed by atoms with E-state index in [1.807, 2.05) is 6.07 Å². The molecule has 1 saturated heterocycles. The molecule has 0 aliphatic carbocycles. The van der Waals surface area contributed by atoms with Gasteiger partial charge in [-0.3, -0.25) is 0 Å². The van der Waals surface area contributed by atoms with Gasteiger partial charge in [-0.2, -0.15) is 4.98 Å². The first kappa shape index (κ1) is 12.2. The van der Waals surface area contributed by atoms with Crippen LogP contribution in [0.5, 0.6) is 5.75 Å². The average molecular weight is 259 g/mol. The number of hydrogen-bond donors (Lipinski definition) is 2. The largest absolute Gasteiger partial charge is 0.508 e. The fourth-order valence-electron chi connectivity index (χ4n) is 2.38. The molecule has 5 heteroatoms. The molecule has 1 unspecified atom stereocenters. The van der Waals surface area contributed by atoms with E-state index in [9.17, 15) is 5.11 Å². The molecule has 100 valence electrons. The molecule has 1 fully saturated rings. The van der Waals surface area contributed by atoms with Crippen molar-refractivity contribution in [1.29, 1.82) is 0 Å². The number of nitrogens with one attached hydrogen (secondary N) is 1. The molecule has 0 bridgehead atoms. The van der Waals surface area contributed by atoms with E-state index in [4.69, 9.17) is 4.52 Å². The smallest absolute Gasteiger partial charge is 0.244 e. The van der Waals surface area contributed by atoms with Crippen LogP contribution in [-0.2, 0) is 0 Å². The average Bonchev–Trinajstić information content (AvgIpc) is 2.75. The van der Waals surface area contributed by atoms with Crippen molar-refractivity contribution < 1.29 is 9.63 Å². The molecule has 2 heterocycles. The zero-order chi connectivity index (χ0) is 13.1. The van der Waals surface area contributed by atoms with E-state index in [2.05, 4.69) is 15.5 Å². The van der Waals surface area contributed by atoms with Crippen molar-refractivity contribution in [2.75, 3.05) is 6.54 Å². The van der Waals surface area contributed by atoms with Crippen LogP contribution in [-0.4, -0.2) is 21.8 Å². The minimum atomic E-state index is 0.154. The number of aromatic hydroxyl groups is 1. The van der Waals surface area contributed by atoms with Crippen LogP contribution in [0, 0.1) is 0 Å². The van der Waals surface area contributed by atoms with Gasteiger partial charge < -0.3 is 14.9 Å². The molecule has 0 saturated carbocycles. The van der Waals surface area contributed by atoms with Gasteiger partial charge in [0.15, 0.2) is 0 Å². The van der Waals surface area contributed by atoms with E-state index in [0.29, 0.717) is 11.7 Å². The molecule has 1 atom stereocenters. The molecule has 2 aromatic rings. The molecule has 1 aliphatic rings. The number of benzene rings is 1. The molecule has 1 aromatic carbocycles. The molecule has 0 amide bonds. The number of phenolic OH excluding ortho intramolecular Hbond substituents is 1. The van der Waals surface area contributed by atoms with Gasteiger partial charge in [0.25, 0.3) is 0 Å². The van der Waals surface area contributed by atoms with Crippen LogP contribution in [0.15, 0.2) is 28.8 Å². The molecular formula is C14H17N3O2. The summed E-state index contributed by atoms with van der Waals surface area (Å²) in [6.45, 7) is 0.995. The van der Waals surface area contributed by atoms with Gasteiger partial charge in [-0.1, -0.05) is 30.1 Å². The van der Waals surface area contributed by atoms with Crippen LogP contribution in [0.3, 0.4) is 0 Å². The monoisotopic (exact) mass is 259 g/mol. The summed E-state index contributed by atoms with van der Waals surface area (Å²) in [6, 6.07) is 7.03. The summed E-state index contributed by atoms with van der Waals surface area (Å²) in [6.07, 6.45) is 4.66. The zero-order valence-electron chi connectivity index (χ0n) is 10.7. The minimum absolute atomic E-state index is 0.154. The highest BCUT2D eigenvalue weighted by atomic mass is 16.5. The van der Waals surface area contributed by atoms with Gasteiger partial charge in [0, 0.05) is 5.56 Å². The standard InChI is InChI=1S/C14H17N3O2/c18-11-6-4-5-10(9-11)13-16-14(19-17-13)12-7-2-1-3-8-15-12/h4-6,9,12,15,18H,1-3,7-8H2. The summed E-state index contributed by atoms with van der Waals surface area (Å²) in [4.78, 5) is 4.44. The Kier molecular flexibility index (Phi) is 3.46. The Morgan fingerprint density at radius 1 is 1.26 bits per heavy atom. The summed E-state index contributed by atoms with van der Waals surface area (Å²) in [5.41, 5.74) is 0.767. The van der Waals surface area contributed by atoms with Crippen molar-refractivity contribution in [3.63, 3.8) is 0 Å². The van der Waals surface area contributed by atoms with Crippen molar-refractivity contribution in [2.45, 2.75) is 31.7 Å². The van der Waals surface area contributed by atoms with Crippen molar-refractivity contribution in [1.82, 2.24) is 15.5 Å².